The van der Waals surface area contributed by atoms with Crippen LogP contribution in [0.4, 0.5) is 4.39 Å². The van der Waals surface area contributed by atoms with Crippen LogP contribution in [0.1, 0.15) is 66.2 Å². The summed E-state index contributed by atoms with van der Waals surface area (Å²) in [5, 5.41) is 0. The third-order valence-electron chi connectivity index (χ3n) is 9.83. The summed E-state index contributed by atoms with van der Waals surface area (Å²) in [5.74, 6) is -0.0148. The third-order valence-corrected chi connectivity index (χ3v) is 9.83. The van der Waals surface area contributed by atoms with E-state index >= 15 is 4.39 Å². The molecule has 0 amide bonds. The van der Waals surface area contributed by atoms with Gasteiger partial charge in [-0.25, -0.2) is 4.39 Å². The summed E-state index contributed by atoms with van der Waals surface area (Å²) < 4.78 is 21.3. The zero-order valence-electron chi connectivity index (χ0n) is 18.3. The number of hydrogen-bond donors (Lipinski definition) is 0. The Labute approximate surface area is 177 Å². The standard InChI is InChI=1S/C25H31FO4/c1-5-24-8-6-17-15(18(24)7-9-25(24,13(2)27)30-14(3)28)11-21(26)20-12-22(29)16-10-19(16)23(17,20)4/h11-12,15-19H,5-10H2,1-4H3/t15-,16?,17-,18+,19?,23-,24+,25-/m1/s1. The van der Waals surface area contributed by atoms with Crippen LogP contribution >= 0.6 is 0 Å². The van der Waals surface area contributed by atoms with Gasteiger partial charge >= 0.3 is 5.97 Å². The molecule has 8 atom stereocenters. The topological polar surface area (TPSA) is 60.4 Å². The first-order chi connectivity index (χ1) is 14.1. The molecular weight excluding hydrogens is 383 g/mol. The summed E-state index contributed by atoms with van der Waals surface area (Å²) >= 11 is 0. The van der Waals surface area contributed by atoms with Gasteiger partial charge in [0.1, 0.15) is 5.83 Å². The van der Waals surface area contributed by atoms with E-state index in [1.165, 1.54) is 13.8 Å². The molecule has 5 rings (SSSR count). The SMILES string of the molecule is CC[C@]12CC[C@@H]3[C@@H](C=C(F)C4=CC(=O)C5CC5[C@]43C)[C@@H]1CC[C@@]2(OC(C)=O)C(C)=O. The highest BCUT2D eigenvalue weighted by molar-refractivity contribution is 5.97. The lowest BCUT2D eigenvalue weighted by molar-refractivity contribution is -0.188. The summed E-state index contributed by atoms with van der Waals surface area (Å²) in [4.78, 5) is 37.3. The van der Waals surface area contributed by atoms with Crippen LogP contribution in [0.5, 0.6) is 0 Å². The molecule has 162 valence electrons. The van der Waals surface area contributed by atoms with Crippen LogP contribution in [0.25, 0.3) is 0 Å². The van der Waals surface area contributed by atoms with Crippen molar-refractivity contribution in [2.24, 2.45) is 40.4 Å². The van der Waals surface area contributed by atoms with Gasteiger partial charge in [0.05, 0.1) is 0 Å². The van der Waals surface area contributed by atoms with E-state index < -0.39 is 17.0 Å². The Hall–Kier alpha value is -1.78. The maximum Gasteiger partial charge on any atom is 0.303 e. The van der Waals surface area contributed by atoms with Gasteiger partial charge in [-0.05, 0) is 86.8 Å². The van der Waals surface area contributed by atoms with Crippen molar-refractivity contribution in [2.75, 3.05) is 0 Å². The first-order valence-corrected chi connectivity index (χ1v) is 11.5. The summed E-state index contributed by atoms with van der Waals surface area (Å²) in [7, 11) is 0. The van der Waals surface area contributed by atoms with E-state index in [1.807, 2.05) is 0 Å². The number of Topliss-reactive ketones (excluding diaryl/α,β-unsaturated/α-hetero) is 1. The molecule has 30 heavy (non-hydrogen) atoms. The minimum Gasteiger partial charge on any atom is -0.451 e. The fourth-order valence-electron chi connectivity index (χ4n) is 8.51. The Morgan fingerprint density at radius 3 is 2.50 bits per heavy atom. The minimum absolute atomic E-state index is 0.00656. The van der Waals surface area contributed by atoms with Crippen LogP contribution in [-0.4, -0.2) is 23.1 Å². The van der Waals surface area contributed by atoms with Crippen LogP contribution < -0.4 is 0 Å². The monoisotopic (exact) mass is 414 g/mol. The molecule has 2 unspecified atom stereocenters. The van der Waals surface area contributed by atoms with E-state index in [2.05, 4.69) is 13.8 Å². The molecule has 0 N–H and O–H groups in total. The number of carbonyl (C=O) groups excluding carboxylic acids is 3. The molecule has 0 aromatic carbocycles. The molecule has 0 heterocycles. The number of ether oxygens (including phenoxy) is 1. The van der Waals surface area contributed by atoms with Crippen LogP contribution in [0.3, 0.4) is 0 Å². The third kappa shape index (κ3) is 2.19. The Kier molecular flexibility index (Phi) is 4.12. The molecule has 0 aromatic rings. The molecule has 0 radical (unpaired) electrons. The van der Waals surface area contributed by atoms with Crippen LogP contribution in [0.2, 0.25) is 0 Å². The molecule has 0 saturated heterocycles. The maximum absolute atomic E-state index is 15.4. The Morgan fingerprint density at radius 2 is 1.87 bits per heavy atom. The molecule has 5 aliphatic carbocycles. The minimum atomic E-state index is -1.10. The van der Waals surface area contributed by atoms with Crippen molar-refractivity contribution in [2.45, 2.75) is 71.8 Å². The van der Waals surface area contributed by atoms with Crippen molar-refractivity contribution in [1.82, 2.24) is 0 Å². The van der Waals surface area contributed by atoms with Crippen molar-refractivity contribution in [3.05, 3.63) is 23.6 Å². The molecule has 0 aliphatic heterocycles. The lowest BCUT2D eigenvalue weighted by Gasteiger charge is -2.58. The second kappa shape index (κ2) is 6.14. The van der Waals surface area contributed by atoms with Crippen LogP contribution in [-0.2, 0) is 19.1 Å². The van der Waals surface area contributed by atoms with Gasteiger partial charge in [-0.1, -0.05) is 13.8 Å². The molecule has 3 fully saturated rings. The average Bonchev–Trinajstić information content (AvgIpc) is 3.43. The summed E-state index contributed by atoms with van der Waals surface area (Å²) in [5.41, 5.74) is -1.26. The fourth-order valence-corrected chi connectivity index (χ4v) is 8.51. The predicted molar refractivity (Wildman–Crippen MR) is 109 cm³/mol. The average molecular weight is 415 g/mol. The van der Waals surface area contributed by atoms with E-state index in [9.17, 15) is 14.4 Å². The van der Waals surface area contributed by atoms with Gasteiger partial charge < -0.3 is 4.74 Å². The van der Waals surface area contributed by atoms with Crippen LogP contribution in [0, 0.1) is 40.4 Å². The molecule has 5 aliphatic rings. The second-order valence-electron chi connectivity index (χ2n) is 10.6. The second-order valence-corrected chi connectivity index (χ2v) is 10.6. The number of ketones is 2. The number of hydrogen-bond acceptors (Lipinski definition) is 4. The molecular formula is C25H31FO4. The van der Waals surface area contributed by atoms with Gasteiger partial charge in [-0.15, -0.1) is 0 Å². The number of esters is 1. The van der Waals surface area contributed by atoms with E-state index in [1.54, 1.807) is 12.2 Å². The smallest absolute Gasteiger partial charge is 0.303 e. The molecule has 3 saturated carbocycles. The maximum atomic E-state index is 15.4. The highest BCUT2D eigenvalue weighted by atomic mass is 19.1. The molecule has 0 bridgehead atoms. The zero-order chi connectivity index (χ0) is 21.6. The van der Waals surface area contributed by atoms with Gasteiger partial charge in [0.25, 0.3) is 0 Å². The van der Waals surface area contributed by atoms with Gasteiger partial charge in [-0.2, -0.15) is 0 Å². The molecule has 4 nitrogen and oxygen atoms in total. The zero-order valence-corrected chi connectivity index (χ0v) is 18.3. The largest absolute Gasteiger partial charge is 0.451 e. The number of carbonyl (C=O) groups is 3. The van der Waals surface area contributed by atoms with Crippen LogP contribution in [0.15, 0.2) is 23.6 Å². The molecule has 5 heteroatoms. The molecule has 0 aromatic heterocycles. The van der Waals surface area contributed by atoms with E-state index in [0.29, 0.717) is 12.0 Å². The number of allylic oxidation sites excluding steroid dienone is 4. The lowest BCUT2D eigenvalue weighted by Crippen LogP contribution is -2.59. The summed E-state index contributed by atoms with van der Waals surface area (Å²) in [6, 6.07) is 0. The predicted octanol–water partition coefficient (Wildman–Crippen LogP) is 4.73. The van der Waals surface area contributed by atoms with Gasteiger partial charge in [0.2, 0.25) is 0 Å². The highest BCUT2D eigenvalue weighted by Crippen LogP contribution is 2.72. The first kappa shape index (κ1) is 20.1. The van der Waals surface area contributed by atoms with Crippen molar-refractivity contribution in [1.29, 1.82) is 0 Å². The Morgan fingerprint density at radius 1 is 1.17 bits per heavy atom. The number of fused-ring (bicyclic) bond motifs is 7. The fraction of sp³-hybridized carbons (Fsp3) is 0.720. The number of rotatable bonds is 3. The van der Waals surface area contributed by atoms with Gasteiger partial charge in [0.15, 0.2) is 17.2 Å². The summed E-state index contributed by atoms with van der Waals surface area (Å²) in [6.45, 7) is 7.15. The van der Waals surface area contributed by atoms with Crippen molar-refractivity contribution >= 4 is 17.5 Å². The van der Waals surface area contributed by atoms with Gasteiger partial charge in [0, 0.05) is 23.7 Å². The van der Waals surface area contributed by atoms with Crippen molar-refractivity contribution < 1.29 is 23.5 Å². The van der Waals surface area contributed by atoms with Crippen molar-refractivity contribution in [3.63, 3.8) is 0 Å². The highest BCUT2D eigenvalue weighted by Gasteiger charge is 2.71. The lowest BCUT2D eigenvalue weighted by atomic mass is 9.46. The quantitative estimate of drug-likeness (QED) is 0.627. The van der Waals surface area contributed by atoms with E-state index in [-0.39, 0.29) is 52.4 Å². The van der Waals surface area contributed by atoms with E-state index in [4.69, 9.17) is 4.74 Å². The van der Waals surface area contributed by atoms with Gasteiger partial charge in [-0.3, -0.25) is 14.4 Å². The van der Waals surface area contributed by atoms with E-state index in [0.717, 1.165) is 32.1 Å². The Balaban J connectivity index is 1.62. The Bertz CT molecular complexity index is 918. The first-order valence-electron chi connectivity index (χ1n) is 11.5. The molecule has 0 spiro atoms. The summed E-state index contributed by atoms with van der Waals surface area (Å²) in [6.07, 6.45) is 7.84. The van der Waals surface area contributed by atoms with Crippen molar-refractivity contribution in [3.8, 4) is 0 Å². The number of halogens is 1. The normalized spacial score (nSPS) is 48.4.